The topological polar surface area (TPSA) is 63.3 Å². The highest BCUT2D eigenvalue weighted by molar-refractivity contribution is 5.69. The summed E-state index contributed by atoms with van der Waals surface area (Å²) in [5, 5.41) is 8.74. The Balaban J connectivity index is 2.30. The number of carboxylic acid groups (broad SMARTS) is 1. The molecule has 1 aliphatic carbocycles. The number of fused-ring (bicyclic) bond motifs is 1. The largest absolute Gasteiger partial charge is 0.481 e. The van der Waals surface area contributed by atoms with Gasteiger partial charge < -0.3 is 10.8 Å². The highest BCUT2D eigenvalue weighted by Crippen LogP contribution is 2.37. The van der Waals surface area contributed by atoms with Gasteiger partial charge >= 0.3 is 5.97 Å². The highest BCUT2D eigenvalue weighted by Gasteiger charge is 2.25. The minimum atomic E-state index is -0.731. The molecule has 0 bridgehead atoms. The van der Waals surface area contributed by atoms with Crippen LogP contribution >= 0.6 is 0 Å². The van der Waals surface area contributed by atoms with Crippen molar-refractivity contribution >= 4 is 11.7 Å². The highest BCUT2D eigenvalue weighted by atomic mass is 16.4. The van der Waals surface area contributed by atoms with Gasteiger partial charge in [-0.2, -0.15) is 0 Å². The minimum absolute atomic E-state index is 0.158. The van der Waals surface area contributed by atoms with Gasteiger partial charge in [0.05, 0.1) is 6.42 Å². The van der Waals surface area contributed by atoms with Crippen molar-refractivity contribution in [1.29, 1.82) is 0 Å². The molecule has 0 aromatic heterocycles. The second-order valence-electron chi connectivity index (χ2n) is 3.75. The molecule has 1 atom stereocenters. The van der Waals surface area contributed by atoms with Gasteiger partial charge in [-0.15, -0.1) is 0 Å². The van der Waals surface area contributed by atoms with Gasteiger partial charge in [-0.3, -0.25) is 4.79 Å². The van der Waals surface area contributed by atoms with Crippen molar-refractivity contribution in [2.24, 2.45) is 0 Å². The molecule has 3 nitrogen and oxygen atoms in total. The molecule has 1 unspecified atom stereocenters. The molecule has 14 heavy (non-hydrogen) atoms. The molecule has 0 radical (unpaired) electrons. The normalized spacial score (nSPS) is 19.3. The van der Waals surface area contributed by atoms with Crippen molar-refractivity contribution in [2.45, 2.75) is 25.2 Å². The van der Waals surface area contributed by atoms with Crippen LogP contribution in [-0.4, -0.2) is 11.1 Å². The number of benzene rings is 1. The maximum atomic E-state index is 10.6. The van der Waals surface area contributed by atoms with Crippen molar-refractivity contribution < 1.29 is 9.90 Å². The summed E-state index contributed by atoms with van der Waals surface area (Å²) >= 11 is 0. The summed E-state index contributed by atoms with van der Waals surface area (Å²) in [4.78, 5) is 10.6. The van der Waals surface area contributed by atoms with Crippen LogP contribution in [0.1, 0.15) is 29.9 Å². The molecule has 3 heteroatoms. The second kappa shape index (κ2) is 3.33. The molecule has 0 spiro atoms. The van der Waals surface area contributed by atoms with Crippen LogP contribution in [0.15, 0.2) is 18.2 Å². The van der Waals surface area contributed by atoms with Gasteiger partial charge in [0.1, 0.15) is 0 Å². The van der Waals surface area contributed by atoms with Gasteiger partial charge in [0, 0.05) is 5.69 Å². The Morgan fingerprint density at radius 1 is 1.57 bits per heavy atom. The number of hydrogen-bond donors (Lipinski definition) is 2. The first-order valence-corrected chi connectivity index (χ1v) is 4.77. The van der Waals surface area contributed by atoms with E-state index in [-0.39, 0.29) is 12.3 Å². The lowest BCUT2D eigenvalue weighted by Gasteiger charge is -2.08. The summed E-state index contributed by atoms with van der Waals surface area (Å²) in [7, 11) is 0. The SMILES string of the molecule is Nc1cccc2c1CCC2CC(=O)O. The van der Waals surface area contributed by atoms with E-state index in [9.17, 15) is 4.79 Å². The van der Waals surface area contributed by atoms with Crippen LogP contribution < -0.4 is 5.73 Å². The van der Waals surface area contributed by atoms with Crippen LogP contribution in [0.4, 0.5) is 5.69 Å². The van der Waals surface area contributed by atoms with E-state index in [0.29, 0.717) is 0 Å². The lowest BCUT2D eigenvalue weighted by atomic mass is 9.98. The maximum absolute atomic E-state index is 10.6. The van der Waals surface area contributed by atoms with E-state index in [4.69, 9.17) is 10.8 Å². The summed E-state index contributed by atoms with van der Waals surface area (Å²) < 4.78 is 0. The zero-order valence-corrected chi connectivity index (χ0v) is 7.86. The smallest absolute Gasteiger partial charge is 0.303 e. The lowest BCUT2D eigenvalue weighted by molar-refractivity contribution is -0.137. The molecule has 1 aromatic carbocycles. The second-order valence-corrected chi connectivity index (χ2v) is 3.75. The van der Waals surface area contributed by atoms with Gasteiger partial charge in [0.25, 0.3) is 0 Å². The number of nitrogens with two attached hydrogens (primary N) is 1. The van der Waals surface area contributed by atoms with Gasteiger partial charge in [-0.25, -0.2) is 0 Å². The van der Waals surface area contributed by atoms with Crippen LogP contribution in [0, 0.1) is 0 Å². The van der Waals surface area contributed by atoms with Crippen molar-refractivity contribution in [1.82, 2.24) is 0 Å². The third-order valence-corrected chi connectivity index (χ3v) is 2.85. The Bertz CT molecular complexity index is 374. The number of anilines is 1. The molecule has 0 amide bonds. The maximum Gasteiger partial charge on any atom is 0.303 e. The van der Waals surface area contributed by atoms with Crippen LogP contribution in [-0.2, 0) is 11.2 Å². The number of carboxylic acids is 1. The van der Waals surface area contributed by atoms with E-state index >= 15 is 0 Å². The molecular weight excluding hydrogens is 178 g/mol. The fourth-order valence-corrected chi connectivity index (χ4v) is 2.19. The first-order valence-electron chi connectivity index (χ1n) is 4.77. The van der Waals surface area contributed by atoms with Gasteiger partial charge in [-0.1, -0.05) is 12.1 Å². The van der Waals surface area contributed by atoms with Crippen LogP contribution in [0.5, 0.6) is 0 Å². The predicted molar refractivity (Wildman–Crippen MR) is 54.2 cm³/mol. The van der Waals surface area contributed by atoms with Crippen molar-refractivity contribution in [3.8, 4) is 0 Å². The van der Waals surface area contributed by atoms with Crippen LogP contribution in [0.2, 0.25) is 0 Å². The summed E-state index contributed by atoms with van der Waals surface area (Å²) in [5.41, 5.74) is 8.90. The number of nitrogen functional groups attached to an aromatic ring is 1. The fourth-order valence-electron chi connectivity index (χ4n) is 2.19. The van der Waals surface area contributed by atoms with Gasteiger partial charge in [-0.05, 0) is 36.0 Å². The molecule has 0 saturated heterocycles. The van der Waals surface area contributed by atoms with Gasteiger partial charge in [0.15, 0.2) is 0 Å². The molecule has 0 aliphatic heterocycles. The summed E-state index contributed by atoms with van der Waals surface area (Å²) in [6, 6.07) is 5.77. The number of hydrogen-bond acceptors (Lipinski definition) is 2. The molecule has 74 valence electrons. The first kappa shape index (κ1) is 9.06. The van der Waals surface area contributed by atoms with Gasteiger partial charge in [0.2, 0.25) is 0 Å². The molecule has 0 saturated carbocycles. The third kappa shape index (κ3) is 1.45. The Morgan fingerprint density at radius 3 is 3.07 bits per heavy atom. The third-order valence-electron chi connectivity index (χ3n) is 2.85. The lowest BCUT2D eigenvalue weighted by Crippen LogP contribution is -2.03. The predicted octanol–water partition coefficient (Wildman–Crippen LogP) is 1.77. The zero-order valence-electron chi connectivity index (χ0n) is 7.86. The number of aliphatic carboxylic acids is 1. The Morgan fingerprint density at radius 2 is 2.36 bits per heavy atom. The quantitative estimate of drug-likeness (QED) is 0.700. The molecule has 0 fully saturated rings. The Kier molecular flexibility index (Phi) is 2.15. The van der Waals surface area contributed by atoms with E-state index in [1.165, 1.54) is 0 Å². The standard InChI is InChI=1S/C11H13NO2/c12-10-3-1-2-8-7(6-11(13)14)4-5-9(8)10/h1-3,7H,4-6,12H2,(H,13,14). The van der Waals surface area contributed by atoms with E-state index in [0.717, 1.165) is 29.7 Å². The number of rotatable bonds is 2. The van der Waals surface area contributed by atoms with Crippen LogP contribution in [0.25, 0.3) is 0 Å². The van der Waals surface area contributed by atoms with E-state index in [1.807, 2.05) is 18.2 Å². The first-order chi connectivity index (χ1) is 6.68. The molecule has 1 aromatic rings. The van der Waals surface area contributed by atoms with E-state index in [1.54, 1.807) is 0 Å². The molecule has 1 aliphatic rings. The molecule has 2 rings (SSSR count). The van der Waals surface area contributed by atoms with Crippen molar-refractivity contribution in [2.75, 3.05) is 5.73 Å². The molecule has 3 N–H and O–H groups in total. The minimum Gasteiger partial charge on any atom is -0.481 e. The fraction of sp³-hybridized carbons (Fsp3) is 0.364. The van der Waals surface area contributed by atoms with E-state index < -0.39 is 5.97 Å². The van der Waals surface area contributed by atoms with Crippen molar-refractivity contribution in [3.05, 3.63) is 29.3 Å². The average molecular weight is 191 g/mol. The summed E-state index contributed by atoms with van der Waals surface area (Å²) in [6.45, 7) is 0. The van der Waals surface area contributed by atoms with Crippen molar-refractivity contribution in [3.63, 3.8) is 0 Å². The number of carbonyl (C=O) groups is 1. The summed E-state index contributed by atoms with van der Waals surface area (Å²) in [5.74, 6) is -0.573. The van der Waals surface area contributed by atoms with Crippen LogP contribution in [0.3, 0.4) is 0 Å². The Labute approximate surface area is 82.5 Å². The molecular formula is C11H13NO2. The van der Waals surface area contributed by atoms with E-state index in [2.05, 4.69) is 0 Å². The average Bonchev–Trinajstić information content (AvgIpc) is 2.49. The zero-order chi connectivity index (χ0) is 10.1. The monoisotopic (exact) mass is 191 g/mol. The summed E-state index contributed by atoms with van der Waals surface area (Å²) in [6.07, 6.45) is 2.05. The Hall–Kier alpha value is -1.51. The molecule has 0 heterocycles.